The van der Waals surface area contributed by atoms with E-state index < -0.39 is 86.8 Å². The average molecular weight is 1090 g/mol. The fourth-order valence-corrected chi connectivity index (χ4v) is 10.4. The largest absolute Gasteiger partial charge is 0.443 e. The number of carbonyl (C=O) groups is 7. The van der Waals surface area contributed by atoms with E-state index in [9.17, 15) is 56.7 Å². The van der Waals surface area contributed by atoms with E-state index in [4.69, 9.17) is 9.47 Å². The van der Waals surface area contributed by atoms with E-state index in [-0.39, 0.29) is 101 Å². The highest BCUT2D eigenvalue weighted by atomic mass is 32.2. The van der Waals surface area contributed by atoms with Crippen LogP contribution >= 0.6 is 11.3 Å². The molecule has 2 unspecified atom stereocenters. The molecule has 1 aliphatic heterocycles. The number of nitrogens with one attached hydrogen (secondary N) is 6. The lowest BCUT2D eigenvalue weighted by molar-refractivity contribution is -0.137. The first kappa shape index (κ1) is 59.9. The maximum Gasteiger partial charge on any atom is 0.408 e. The molecule has 24 nitrogen and oxygen atoms in total. The number of aliphatic hydroxyl groups excluding tert-OH is 2. The van der Waals surface area contributed by atoms with Crippen LogP contribution in [0.25, 0.3) is 10.4 Å². The lowest BCUT2D eigenvalue weighted by Crippen LogP contribution is -2.54. The van der Waals surface area contributed by atoms with Gasteiger partial charge in [0.25, 0.3) is 10.1 Å². The molecule has 26 heteroatoms. The van der Waals surface area contributed by atoms with Crippen LogP contribution in [0.15, 0.2) is 29.8 Å². The van der Waals surface area contributed by atoms with Gasteiger partial charge in [0.05, 0.1) is 65.6 Å². The summed E-state index contributed by atoms with van der Waals surface area (Å²) in [5.41, 5.74) is 2.30. The summed E-state index contributed by atoms with van der Waals surface area (Å²) in [5, 5.41) is 44.9. The Labute approximate surface area is 440 Å². The van der Waals surface area contributed by atoms with Crippen molar-refractivity contribution in [3.8, 4) is 10.4 Å². The van der Waals surface area contributed by atoms with Crippen LogP contribution in [0.1, 0.15) is 102 Å². The summed E-state index contributed by atoms with van der Waals surface area (Å²) in [6.07, 6.45) is -1.90. The molecule has 9 N–H and O–H groups in total. The van der Waals surface area contributed by atoms with Crippen molar-refractivity contribution in [3.05, 3.63) is 52.4 Å². The van der Waals surface area contributed by atoms with Gasteiger partial charge in [0.2, 0.25) is 35.0 Å². The van der Waals surface area contributed by atoms with Crippen molar-refractivity contribution < 1.29 is 66.2 Å². The highest BCUT2D eigenvalue weighted by molar-refractivity contribution is 7.86. The van der Waals surface area contributed by atoms with Gasteiger partial charge < -0.3 is 51.6 Å². The van der Waals surface area contributed by atoms with Gasteiger partial charge in [-0.1, -0.05) is 64.1 Å². The molecule has 414 valence electrons. The Morgan fingerprint density at radius 1 is 0.960 bits per heavy atom. The van der Waals surface area contributed by atoms with Gasteiger partial charge in [0.1, 0.15) is 18.3 Å². The minimum Gasteiger partial charge on any atom is -0.443 e. The van der Waals surface area contributed by atoms with E-state index in [0.29, 0.717) is 24.4 Å². The number of Topliss-reactive ketones (excluding diaryl/α,β-unsaturated/α-hetero) is 1. The van der Waals surface area contributed by atoms with E-state index in [1.54, 1.807) is 58.4 Å². The number of benzene rings is 1. The van der Waals surface area contributed by atoms with Gasteiger partial charge in [-0.25, -0.2) is 14.5 Å². The maximum atomic E-state index is 14.1. The van der Waals surface area contributed by atoms with Crippen molar-refractivity contribution in [1.29, 1.82) is 0 Å². The van der Waals surface area contributed by atoms with Gasteiger partial charge in [0, 0.05) is 44.3 Å². The molecule has 2 aromatic heterocycles. The van der Waals surface area contributed by atoms with Gasteiger partial charge >= 0.3 is 6.09 Å². The summed E-state index contributed by atoms with van der Waals surface area (Å²) >= 11 is 1.55. The second-order valence-electron chi connectivity index (χ2n) is 20.5. The zero-order chi connectivity index (χ0) is 55.2. The Bertz CT molecular complexity index is 2580. The molecule has 2 aliphatic rings. The second kappa shape index (κ2) is 27.2. The number of ether oxygens (including phenoxy) is 2. The van der Waals surface area contributed by atoms with Crippen LogP contribution in [0.3, 0.4) is 0 Å². The van der Waals surface area contributed by atoms with Crippen LogP contribution in [-0.2, 0) is 68.1 Å². The van der Waals surface area contributed by atoms with Crippen LogP contribution in [0.4, 0.5) is 4.79 Å². The number of aromatic nitrogens is 4. The summed E-state index contributed by atoms with van der Waals surface area (Å²) in [6, 6.07) is 3.98. The van der Waals surface area contributed by atoms with E-state index in [2.05, 4.69) is 47.2 Å². The Morgan fingerprint density at radius 2 is 1.65 bits per heavy atom. The van der Waals surface area contributed by atoms with E-state index in [0.717, 1.165) is 21.7 Å². The van der Waals surface area contributed by atoms with Gasteiger partial charge in [-0.3, -0.25) is 33.3 Å². The van der Waals surface area contributed by atoms with Crippen molar-refractivity contribution >= 4 is 62.9 Å². The third-order valence-electron chi connectivity index (χ3n) is 13.1. The molecule has 5 rings (SSSR count). The number of carbonyl (C=O) groups excluding carboxylic acids is 7. The fourth-order valence-electron chi connectivity index (χ4n) is 8.96. The van der Waals surface area contributed by atoms with Crippen LogP contribution in [-0.4, -0.2) is 141 Å². The Balaban J connectivity index is 1.00. The first-order valence-corrected chi connectivity index (χ1v) is 27.4. The summed E-state index contributed by atoms with van der Waals surface area (Å²) in [5.74, 6) is -5.37. The SMILES string of the molecule is Cc1ncsc1-c1ccc(CNC(=O)[C@@H]2C[C@@H](O)CC2C(=O)[C@@H](NC(=O)CCC(=O)NCCOCCn2nnc(COC(=O)N[C@@H](CC(C)C)C(=O)N[C@@H](C[C@@H]3CCNC3=O)C(O)S(=O)(=O)O)c2C)C(C)(C)C)cc1. The molecule has 0 bridgehead atoms. The minimum absolute atomic E-state index is 0.0845. The van der Waals surface area contributed by atoms with Gasteiger partial charge in [-0.05, 0) is 68.4 Å². The third-order valence-corrected chi connectivity index (χ3v) is 15.0. The molecule has 1 saturated carbocycles. The monoisotopic (exact) mass is 1090 g/mol. The summed E-state index contributed by atoms with van der Waals surface area (Å²) in [6.45, 7) is 13.5. The van der Waals surface area contributed by atoms with Crippen molar-refractivity contribution in [2.75, 3.05) is 26.3 Å². The van der Waals surface area contributed by atoms with Gasteiger partial charge in [-0.15, -0.1) is 16.4 Å². The van der Waals surface area contributed by atoms with Crippen LogP contribution in [0.5, 0.6) is 0 Å². The second-order valence-corrected chi connectivity index (χ2v) is 22.9. The number of alkyl carbamates (subject to hydrolysis) is 1. The zero-order valence-electron chi connectivity index (χ0n) is 43.4. The molecule has 1 aliphatic carbocycles. The smallest absolute Gasteiger partial charge is 0.408 e. The van der Waals surface area contributed by atoms with Gasteiger partial charge in [-0.2, -0.15) is 8.42 Å². The molecule has 3 aromatic rings. The number of aryl methyl sites for hydroxylation is 1. The first-order chi connectivity index (χ1) is 35.3. The Morgan fingerprint density at radius 3 is 2.28 bits per heavy atom. The standard InChI is InChI=1S/C49H72N10O14S2/c1-27(2)20-36(46(66)54-37(47(67)75(69,70)71)21-32-14-15-51-44(32)64)55-48(68)73-25-38-29(4)59(58-57-38)17-19-72-18-16-50-39(61)12-13-40(62)56-43(49(5,6)7)41(63)34-22-33(60)23-35(34)45(65)52-24-30-8-10-31(11-9-30)42-28(3)53-26-74-42/h8-11,26-27,32-37,43,47,60,67H,12-25H2,1-7H3,(H,50,61)(H,51,64)(H,52,65)(H,54,66)(H,55,68)(H,56,62)(H,69,70,71)/t32-,33-,34?,35+,36-,37-,43+,47?/m0/s1. The summed E-state index contributed by atoms with van der Waals surface area (Å²) in [4.78, 5) is 97.1. The zero-order valence-corrected chi connectivity index (χ0v) is 45.1. The topological polar surface area (TPSA) is 349 Å². The molecule has 75 heavy (non-hydrogen) atoms. The van der Waals surface area contributed by atoms with E-state index >= 15 is 0 Å². The minimum atomic E-state index is -5.03. The lowest BCUT2D eigenvalue weighted by Gasteiger charge is -2.33. The molecule has 2 fully saturated rings. The normalized spacial score (nSPS) is 19.4. The molecule has 6 amide bonds. The average Bonchev–Trinajstić information content (AvgIpc) is 4.15. The maximum absolute atomic E-state index is 14.1. The molecule has 0 radical (unpaired) electrons. The van der Waals surface area contributed by atoms with Crippen LogP contribution < -0.4 is 31.9 Å². The fraction of sp³-hybridized carbons (Fsp3) is 0.633. The van der Waals surface area contributed by atoms with Gasteiger partial charge in [0.15, 0.2) is 5.78 Å². The predicted octanol–water partition coefficient (Wildman–Crippen LogP) is 1.59. The highest BCUT2D eigenvalue weighted by Crippen LogP contribution is 2.37. The molecule has 1 aromatic carbocycles. The first-order valence-electron chi connectivity index (χ1n) is 25.0. The van der Waals surface area contributed by atoms with Crippen LogP contribution in [0, 0.1) is 42.9 Å². The molecule has 0 spiro atoms. The lowest BCUT2D eigenvalue weighted by atomic mass is 9.77. The summed E-state index contributed by atoms with van der Waals surface area (Å²) < 4.78 is 45.6. The van der Waals surface area contributed by atoms with Crippen molar-refractivity contribution in [1.82, 2.24) is 51.9 Å². The van der Waals surface area contributed by atoms with Crippen molar-refractivity contribution in [3.63, 3.8) is 0 Å². The Hall–Kier alpha value is -5.93. The number of aliphatic hydroxyl groups is 2. The number of hydrogen-bond donors (Lipinski definition) is 9. The number of thiazole rings is 1. The summed E-state index contributed by atoms with van der Waals surface area (Å²) in [7, 11) is -5.03. The quantitative estimate of drug-likeness (QED) is 0.0387. The Kier molecular flexibility index (Phi) is 21.8. The van der Waals surface area contributed by atoms with Crippen LogP contribution in [0.2, 0.25) is 0 Å². The molecular formula is C49H72N10O14S2. The molecule has 1 saturated heterocycles. The molecular weight excluding hydrogens is 1020 g/mol. The molecule has 3 heterocycles. The molecule has 8 atom stereocenters. The number of hydrogen-bond acceptors (Lipinski definition) is 17. The third kappa shape index (κ3) is 17.8. The van der Waals surface area contributed by atoms with E-state index in [1.165, 1.54) is 4.68 Å². The predicted molar refractivity (Wildman–Crippen MR) is 272 cm³/mol. The van der Waals surface area contributed by atoms with E-state index in [1.807, 2.05) is 31.2 Å². The number of ketones is 1. The van der Waals surface area contributed by atoms with Crippen molar-refractivity contribution in [2.24, 2.45) is 29.1 Å². The number of amides is 6. The number of rotatable bonds is 27. The van der Waals surface area contributed by atoms with Crippen molar-refractivity contribution in [2.45, 2.75) is 143 Å². The highest BCUT2D eigenvalue weighted by Gasteiger charge is 2.47. The number of nitrogens with zero attached hydrogens (tertiary/aromatic N) is 4.